The summed E-state index contributed by atoms with van der Waals surface area (Å²) in [7, 11) is 0. The van der Waals surface area contributed by atoms with Crippen LogP contribution in [0.15, 0.2) is 60.7 Å². The molecule has 0 aliphatic heterocycles. The molecule has 4 heteroatoms. The molecular formula is C25H23F2NO. The normalized spacial score (nSPS) is 13.2. The van der Waals surface area contributed by atoms with E-state index in [0.29, 0.717) is 5.56 Å². The monoisotopic (exact) mass is 391 g/mol. The number of carbonyl (C=O) groups is 1. The molecule has 0 spiro atoms. The maximum absolute atomic E-state index is 13.5. The highest BCUT2D eigenvalue weighted by Gasteiger charge is 2.24. The second-order valence-corrected chi connectivity index (χ2v) is 7.81. The van der Waals surface area contributed by atoms with Crippen LogP contribution in [0.5, 0.6) is 0 Å². The summed E-state index contributed by atoms with van der Waals surface area (Å²) in [4.78, 5) is 13.1. The maximum atomic E-state index is 13.5. The van der Waals surface area contributed by atoms with Crippen LogP contribution in [0.4, 0.5) is 14.5 Å². The minimum absolute atomic E-state index is 0.0440. The van der Waals surface area contributed by atoms with E-state index in [2.05, 4.69) is 11.4 Å². The van der Waals surface area contributed by atoms with Crippen LogP contribution < -0.4 is 5.32 Å². The molecule has 0 unspecified atom stereocenters. The van der Waals surface area contributed by atoms with Gasteiger partial charge in [0.2, 0.25) is 0 Å². The quantitative estimate of drug-likeness (QED) is 0.539. The number of carbonyl (C=O) groups excluding carboxylic acids is 1. The number of anilines is 1. The largest absolute Gasteiger partial charge is 0.322 e. The fourth-order valence-electron chi connectivity index (χ4n) is 3.89. The minimum atomic E-state index is -2.89. The topological polar surface area (TPSA) is 29.1 Å². The molecule has 1 N–H and O–H groups in total. The zero-order valence-corrected chi connectivity index (χ0v) is 16.6. The fraction of sp³-hybridized carbons (Fsp3) is 0.240. The first-order chi connectivity index (χ1) is 13.8. The van der Waals surface area contributed by atoms with E-state index in [0.717, 1.165) is 48.6 Å². The molecule has 1 aliphatic rings. The SMILES string of the molecule is Cc1ccc(-c2ccc(C(C)(F)F)cc2)c(C(=O)Nc2ccc3c(c2)CCC3)c1. The number of aryl methyl sites for hydroxylation is 3. The fourth-order valence-corrected chi connectivity index (χ4v) is 3.89. The van der Waals surface area contributed by atoms with Crippen molar-refractivity contribution in [3.8, 4) is 11.1 Å². The van der Waals surface area contributed by atoms with Crippen molar-refractivity contribution in [3.63, 3.8) is 0 Å². The van der Waals surface area contributed by atoms with Crippen molar-refractivity contribution in [2.45, 2.75) is 39.0 Å². The first-order valence-electron chi connectivity index (χ1n) is 9.84. The van der Waals surface area contributed by atoms with E-state index in [1.165, 1.54) is 23.3 Å². The van der Waals surface area contributed by atoms with Crippen LogP contribution in [-0.2, 0) is 18.8 Å². The van der Waals surface area contributed by atoms with E-state index in [-0.39, 0.29) is 11.5 Å². The van der Waals surface area contributed by atoms with Crippen molar-refractivity contribution in [1.29, 1.82) is 0 Å². The van der Waals surface area contributed by atoms with E-state index in [1.807, 2.05) is 37.3 Å². The number of halogens is 2. The number of alkyl halides is 2. The van der Waals surface area contributed by atoms with Crippen molar-refractivity contribution in [2.75, 3.05) is 5.32 Å². The van der Waals surface area contributed by atoms with Gasteiger partial charge >= 0.3 is 0 Å². The lowest BCUT2D eigenvalue weighted by molar-refractivity contribution is 0.0175. The molecule has 1 aliphatic carbocycles. The summed E-state index contributed by atoms with van der Waals surface area (Å²) in [6, 6.07) is 17.8. The van der Waals surface area contributed by atoms with Gasteiger partial charge in [0.25, 0.3) is 11.8 Å². The van der Waals surface area contributed by atoms with Gasteiger partial charge in [-0.1, -0.05) is 48.0 Å². The Morgan fingerprint density at radius 3 is 2.38 bits per heavy atom. The summed E-state index contributed by atoms with van der Waals surface area (Å²) in [5.74, 6) is -3.09. The molecule has 0 fully saturated rings. The van der Waals surface area contributed by atoms with Gasteiger partial charge in [-0.3, -0.25) is 4.79 Å². The Morgan fingerprint density at radius 2 is 1.66 bits per heavy atom. The van der Waals surface area contributed by atoms with Crippen LogP contribution in [-0.4, -0.2) is 5.91 Å². The second kappa shape index (κ2) is 7.43. The highest BCUT2D eigenvalue weighted by atomic mass is 19.3. The zero-order chi connectivity index (χ0) is 20.6. The van der Waals surface area contributed by atoms with Crippen LogP contribution in [0.2, 0.25) is 0 Å². The lowest BCUT2D eigenvalue weighted by Crippen LogP contribution is -2.14. The van der Waals surface area contributed by atoms with Crippen LogP contribution in [0.3, 0.4) is 0 Å². The molecule has 148 valence electrons. The van der Waals surface area contributed by atoms with E-state index in [1.54, 1.807) is 12.1 Å². The predicted molar refractivity (Wildman–Crippen MR) is 113 cm³/mol. The van der Waals surface area contributed by atoms with Crippen LogP contribution >= 0.6 is 0 Å². The molecule has 0 atom stereocenters. The lowest BCUT2D eigenvalue weighted by Gasteiger charge is -2.14. The van der Waals surface area contributed by atoms with E-state index >= 15 is 0 Å². The second-order valence-electron chi connectivity index (χ2n) is 7.81. The number of benzene rings is 3. The Kier molecular flexibility index (Phi) is 4.95. The van der Waals surface area contributed by atoms with Crippen molar-refractivity contribution >= 4 is 11.6 Å². The third-order valence-corrected chi connectivity index (χ3v) is 5.48. The zero-order valence-electron chi connectivity index (χ0n) is 16.6. The van der Waals surface area contributed by atoms with Crippen molar-refractivity contribution in [1.82, 2.24) is 0 Å². The van der Waals surface area contributed by atoms with E-state index in [4.69, 9.17) is 0 Å². The molecular weight excluding hydrogens is 368 g/mol. The molecule has 0 aromatic heterocycles. The molecule has 29 heavy (non-hydrogen) atoms. The van der Waals surface area contributed by atoms with Crippen molar-refractivity contribution < 1.29 is 13.6 Å². The molecule has 3 aromatic carbocycles. The average molecular weight is 391 g/mol. The summed E-state index contributed by atoms with van der Waals surface area (Å²) in [5, 5.41) is 3.00. The summed E-state index contributed by atoms with van der Waals surface area (Å²) < 4.78 is 27.0. The molecule has 1 amide bonds. The van der Waals surface area contributed by atoms with Crippen molar-refractivity contribution in [2.24, 2.45) is 0 Å². The van der Waals surface area contributed by atoms with Gasteiger partial charge in [0, 0.05) is 23.7 Å². The highest BCUT2D eigenvalue weighted by Crippen LogP contribution is 2.31. The van der Waals surface area contributed by atoms with Gasteiger partial charge in [0.15, 0.2) is 0 Å². The first-order valence-corrected chi connectivity index (χ1v) is 9.84. The maximum Gasteiger partial charge on any atom is 0.270 e. The smallest absolute Gasteiger partial charge is 0.270 e. The Hall–Kier alpha value is -3.01. The molecule has 0 saturated heterocycles. The summed E-state index contributed by atoms with van der Waals surface area (Å²) in [5.41, 5.74) is 6.33. The van der Waals surface area contributed by atoms with E-state index < -0.39 is 5.92 Å². The summed E-state index contributed by atoms with van der Waals surface area (Å²) in [6.07, 6.45) is 3.29. The molecule has 3 aromatic rings. The Balaban J connectivity index is 1.65. The molecule has 0 saturated carbocycles. The number of hydrogen-bond donors (Lipinski definition) is 1. The number of nitrogens with one attached hydrogen (secondary N) is 1. The van der Waals surface area contributed by atoms with Crippen molar-refractivity contribution in [3.05, 3.63) is 88.5 Å². The minimum Gasteiger partial charge on any atom is -0.322 e. The van der Waals surface area contributed by atoms with Gasteiger partial charge < -0.3 is 5.32 Å². The number of hydrogen-bond acceptors (Lipinski definition) is 1. The molecule has 4 rings (SSSR count). The Morgan fingerprint density at radius 1 is 0.931 bits per heavy atom. The van der Waals surface area contributed by atoms with Gasteiger partial charge in [-0.15, -0.1) is 0 Å². The standard InChI is InChI=1S/C25H23F2NO/c1-16-6-13-22(18-7-10-20(11-8-18)25(2,26)27)23(14-16)24(29)28-21-12-9-17-4-3-5-19(17)15-21/h6-15H,3-5H2,1-2H3,(H,28,29). The van der Waals surface area contributed by atoms with Gasteiger partial charge in [0.1, 0.15) is 0 Å². The highest BCUT2D eigenvalue weighted by molar-refractivity contribution is 6.09. The van der Waals surface area contributed by atoms with Crippen LogP contribution in [0.1, 0.15) is 46.0 Å². The number of amides is 1. The number of rotatable bonds is 4. The van der Waals surface area contributed by atoms with Gasteiger partial charge in [-0.2, -0.15) is 0 Å². The first kappa shape index (κ1) is 19.3. The third kappa shape index (κ3) is 4.07. The average Bonchev–Trinajstić information content (AvgIpc) is 3.15. The molecule has 0 bridgehead atoms. The molecule has 0 heterocycles. The van der Waals surface area contributed by atoms with Crippen LogP contribution in [0.25, 0.3) is 11.1 Å². The predicted octanol–water partition coefficient (Wildman–Crippen LogP) is 6.51. The van der Waals surface area contributed by atoms with Gasteiger partial charge in [-0.05, 0) is 66.6 Å². The van der Waals surface area contributed by atoms with Crippen LogP contribution in [0, 0.1) is 6.92 Å². The Bertz CT molecular complexity index is 1070. The van der Waals surface area contributed by atoms with Gasteiger partial charge in [0.05, 0.1) is 0 Å². The summed E-state index contributed by atoms with van der Waals surface area (Å²) >= 11 is 0. The molecule has 0 radical (unpaired) electrons. The summed E-state index contributed by atoms with van der Waals surface area (Å²) in [6.45, 7) is 2.81. The Labute approximate surface area is 169 Å². The number of fused-ring (bicyclic) bond motifs is 1. The van der Waals surface area contributed by atoms with E-state index in [9.17, 15) is 13.6 Å². The lowest BCUT2D eigenvalue weighted by atomic mass is 9.95. The van der Waals surface area contributed by atoms with Gasteiger partial charge in [-0.25, -0.2) is 8.78 Å². The molecule has 2 nitrogen and oxygen atoms in total. The third-order valence-electron chi connectivity index (χ3n) is 5.48.